The molecule has 0 aromatic carbocycles. The summed E-state index contributed by atoms with van der Waals surface area (Å²) in [5, 5.41) is 6.43. The van der Waals surface area contributed by atoms with Crippen LogP contribution in [-0.4, -0.2) is 42.1 Å². The zero-order valence-corrected chi connectivity index (χ0v) is 12.5. The molecule has 4 nitrogen and oxygen atoms in total. The Balaban J connectivity index is 2.55. The molecule has 1 rings (SSSR count). The van der Waals surface area contributed by atoms with E-state index in [-0.39, 0.29) is 17.6 Å². The van der Waals surface area contributed by atoms with Crippen LogP contribution < -0.4 is 10.6 Å². The smallest absolute Gasteiger partial charge is 0.318 e. The number of hydrogen-bond acceptors (Lipinski definition) is 2. The van der Waals surface area contributed by atoms with E-state index in [0.29, 0.717) is 5.92 Å². The molecule has 0 aromatic heterocycles. The highest BCUT2D eigenvalue weighted by Crippen LogP contribution is 2.15. The van der Waals surface area contributed by atoms with Crippen molar-refractivity contribution in [2.75, 3.05) is 19.6 Å². The fourth-order valence-corrected chi connectivity index (χ4v) is 2.26. The summed E-state index contributed by atoms with van der Waals surface area (Å²) in [7, 11) is 0. The van der Waals surface area contributed by atoms with Crippen LogP contribution in [0.4, 0.5) is 4.79 Å². The second kappa shape index (κ2) is 6.41. The minimum Gasteiger partial charge on any atom is -0.333 e. The van der Waals surface area contributed by atoms with E-state index in [2.05, 4.69) is 24.5 Å². The van der Waals surface area contributed by atoms with Crippen LogP contribution in [-0.2, 0) is 0 Å². The van der Waals surface area contributed by atoms with E-state index in [4.69, 9.17) is 0 Å². The highest BCUT2D eigenvalue weighted by molar-refractivity contribution is 5.75. The van der Waals surface area contributed by atoms with Crippen LogP contribution in [0.25, 0.3) is 0 Å². The quantitative estimate of drug-likeness (QED) is 0.812. The van der Waals surface area contributed by atoms with E-state index in [9.17, 15) is 4.79 Å². The highest BCUT2D eigenvalue weighted by atomic mass is 16.2. The zero-order valence-electron chi connectivity index (χ0n) is 12.5. The molecule has 18 heavy (non-hydrogen) atoms. The average Bonchev–Trinajstić information content (AvgIpc) is 2.24. The van der Waals surface area contributed by atoms with Crippen molar-refractivity contribution in [1.82, 2.24) is 15.5 Å². The number of nitrogens with zero attached hydrogens (tertiary/aromatic N) is 1. The van der Waals surface area contributed by atoms with Gasteiger partial charge in [-0.05, 0) is 66.5 Å². The van der Waals surface area contributed by atoms with Gasteiger partial charge in [0.2, 0.25) is 0 Å². The average molecular weight is 255 g/mol. The fourth-order valence-electron chi connectivity index (χ4n) is 2.26. The van der Waals surface area contributed by atoms with Crippen LogP contribution in [0.3, 0.4) is 0 Å². The van der Waals surface area contributed by atoms with E-state index in [1.165, 1.54) is 12.8 Å². The molecule has 0 unspecified atom stereocenters. The van der Waals surface area contributed by atoms with Gasteiger partial charge in [-0.3, -0.25) is 0 Å². The van der Waals surface area contributed by atoms with Gasteiger partial charge >= 0.3 is 6.03 Å². The number of piperidine rings is 1. The van der Waals surface area contributed by atoms with Gasteiger partial charge in [-0.25, -0.2) is 4.79 Å². The van der Waals surface area contributed by atoms with Crippen LogP contribution in [0, 0.1) is 5.92 Å². The molecule has 0 aliphatic carbocycles. The molecule has 2 amide bonds. The minimum atomic E-state index is -0.168. The molecule has 1 aliphatic heterocycles. The Morgan fingerprint density at radius 2 is 1.89 bits per heavy atom. The second-order valence-electron chi connectivity index (χ2n) is 6.62. The summed E-state index contributed by atoms with van der Waals surface area (Å²) in [5.41, 5.74) is -0.168. The summed E-state index contributed by atoms with van der Waals surface area (Å²) in [6.45, 7) is 13.3. The third-order valence-electron chi connectivity index (χ3n) is 3.28. The summed E-state index contributed by atoms with van der Waals surface area (Å²) >= 11 is 0. The van der Waals surface area contributed by atoms with Gasteiger partial charge in [0, 0.05) is 18.1 Å². The normalized spacial score (nSPS) is 17.9. The lowest BCUT2D eigenvalue weighted by Gasteiger charge is -2.35. The Morgan fingerprint density at radius 3 is 2.33 bits per heavy atom. The largest absolute Gasteiger partial charge is 0.333 e. The number of carbonyl (C=O) groups excluding carboxylic acids is 1. The molecule has 1 heterocycles. The molecule has 4 heteroatoms. The third kappa shape index (κ3) is 5.25. The number of nitrogens with one attached hydrogen (secondary N) is 2. The molecule has 1 aliphatic rings. The maximum Gasteiger partial charge on any atom is 0.318 e. The summed E-state index contributed by atoms with van der Waals surface area (Å²) in [4.78, 5) is 14.2. The number of carbonyl (C=O) groups is 1. The number of hydrogen-bond donors (Lipinski definition) is 2. The highest BCUT2D eigenvalue weighted by Gasteiger charge is 2.25. The van der Waals surface area contributed by atoms with Crippen molar-refractivity contribution >= 4 is 6.03 Å². The molecule has 1 fully saturated rings. The lowest BCUT2D eigenvalue weighted by Crippen LogP contribution is -2.52. The first kappa shape index (κ1) is 15.3. The maximum absolute atomic E-state index is 12.3. The Hall–Kier alpha value is -0.770. The number of amides is 2. The number of urea groups is 1. The molecule has 106 valence electrons. The molecule has 0 saturated carbocycles. The molecule has 0 spiro atoms. The molecular weight excluding hydrogens is 226 g/mol. The van der Waals surface area contributed by atoms with Gasteiger partial charge in [0.25, 0.3) is 0 Å². The lowest BCUT2D eigenvalue weighted by atomic mass is 9.97. The minimum absolute atomic E-state index is 0.0658. The second-order valence-corrected chi connectivity index (χ2v) is 6.62. The Bertz CT molecular complexity index is 265. The van der Waals surface area contributed by atoms with Crippen molar-refractivity contribution in [2.24, 2.45) is 5.92 Å². The van der Waals surface area contributed by atoms with Crippen LogP contribution in [0.2, 0.25) is 0 Å². The van der Waals surface area contributed by atoms with Gasteiger partial charge in [0.05, 0.1) is 0 Å². The topological polar surface area (TPSA) is 44.4 Å². The first-order chi connectivity index (χ1) is 8.29. The van der Waals surface area contributed by atoms with Crippen LogP contribution in [0.15, 0.2) is 0 Å². The van der Waals surface area contributed by atoms with Gasteiger partial charge in [-0.2, -0.15) is 0 Å². The van der Waals surface area contributed by atoms with Gasteiger partial charge in [0.1, 0.15) is 0 Å². The molecule has 0 aromatic rings. The molecular formula is C14H29N3O. The van der Waals surface area contributed by atoms with E-state index in [1.54, 1.807) is 0 Å². The molecule has 0 atom stereocenters. The van der Waals surface area contributed by atoms with Crippen molar-refractivity contribution in [3.8, 4) is 0 Å². The molecule has 2 N–H and O–H groups in total. The van der Waals surface area contributed by atoms with Crippen molar-refractivity contribution in [3.63, 3.8) is 0 Å². The summed E-state index contributed by atoms with van der Waals surface area (Å²) in [6.07, 6.45) is 2.35. The SMILES string of the molecule is CC(C)N(CC1CCNCC1)C(=O)NC(C)(C)C. The molecule has 0 radical (unpaired) electrons. The maximum atomic E-state index is 12.3. The van der Waals surface area contributed by atoms with Gasteiger partial charge in [-0.15, -0.1) is 0 Å². The lowest BCUT2D eigenvalue weighted by molar-refractivity contribution is 0.155. The fraction of sp³-hybridized carbons (Fsp3) is 0.929. The van der Waals surface area contributed by atoms with Gasteiger partial charge < -0.3 is 15.5 Å². The van der Waals surface area contributed by atoms with Crippen LogP contribution >= 0.6 is 0 Å². The Labute approximate surface area is 111 Å². The van der Waals surface area contributed by atoms with Crippen molar-refractivity contribution in [3.05, 3.63) is 0 Å². The molecule has 0 bridgehead atoms. The van der Waals surface area contributed by atoms with Crippen LogP contribution in [0.5, 0.6) is 0 Å². The summed E-state index contributed by atoms with van der Waals surface area (Å²) in [6, 6.07) is 0.318. The first-order valence-corrected chi connectivity index (χ1v) is 7.09. The molecule has 1 saturated heterocycles. The zero-order chi connectivity index (χ0) is 13.8. The van der Waals surface area contributed by atoms with E-state index in [0.717, 1.165) is 19.6 Å². The predicted molar refractivity (Wildman–Crippen MR) is 75.7 cm³/mol. The standard InChI is InChI=1S/C14H29N3O/c1-11(2)17(13(18)16-14(3,4)5)10-12-6-8-15-9-7-12/h11-12,15H,6-10H2,1-5H3,(H,16,18). The van der Waals surface area contributed by atoms with Gasteiger partial charge in [-0.1, -0.05) is 0 Å². The Morgan fingerprint density at radius 1 is 1.33 bits per heavy atom. The number of rotatable bonds is 3. The predicted octanol–water partition coefficient (Wildman–Crippen LogP) is 2.20. The first-order valence-electron chi connectivity index (χ1n) is 7.09. The Kier molecular flexibility index (Phi) is 5.45. The third-order valence-corrected chi connectivity index (χ3v) is 3.28. The summed E-state index contributed by atoms with van der Waals surface area (Å²) < 4.78 is 0. The monoisotopic (exact) mass is 255 g/mol. The van der Waals surface area contributed by atoms with Crippen molar-refractivity contribution < 1.29 is 4.79 Å². The van der Waals surface area contributed by atoms with E-state index >= 15 is 0 Å². The van der Waals surface area contributed by atoms with Crippen LogP contribution in [0.1, 0.15) is 47.5 Å². The van der Waals surface area contributed by atoms with Gasteiger partial charge in [0.15, 0.2) is 0 Å². The summed E-state index contributed by atoms with van der Waals surface area (Å²) in [5.74, 6) is 0.638. The van der Waals surface area contributed by atoms with E-state index < -0.39 is 0 Å². The van der Waals surface area contributed by atoms with Crippen molar-refractivity contribution in [2.45, 2.75) is 59.0 Å². The van der Waals surface area contributed by atoms with E-state index in [1.807, 2.05) is 25.7 Å². The van der Waals surface area contributed by atoms with Crippen molar-refractivity contribution in [1.29, 1.82) is 0 Å².